The molecule has 2 aromatic carbocycles. The molecule has 10 atom stereocenters. The predicted octanol–water partition coefficient (Wildman–Crippen LogP) is -4.15. The lowest BCUT2D eigenvalue weighted by Crippen LogP contribution is -2.61. The lowest BCUT2D eigenvalue weighted by molar-refractivity contribution is -0.144. The van der Waals surface area contributed by atoms with E-state index in [-0.39, 0.29) is 94.6 Å². The number of nitrogens with one attached hydrogen (secondary N) is 7. The van der Waals surface area contributed by atoms with Crippen molar-refractivity contribution in [2.75, 3.05) is 19.6 Å². The summed E-state index contributed by atoms with van der Waals surface area (Å²) in [6.45, 7) is 4.75. The summed E-state index contributed by atoms with van der Waals surface area (Å²) in [6, 6.07) is 0.133. The molecule has 1 saturated heterocycles. The lowest BCUT2D eigenvalue weighted by atomic mass is 9.99. The molecular weight excluding hydrogens is 1110 g/mol. The molecule has 3 rings (SSSR count). The number of nitrogens with two attached hydrogens (primary N) is 5. The van der Waals surface area contributed by atoms with Gasteiger partial charge in [0, 0.05) is 38.9 Å². The van der Waals surface area contributed by atoms with Gasteiger partial charge in [-0.05, 0) is 87.5 Å². The van der Waals surface area contributed by atoms with Gasteiger partial charge in [0.1, 0.15) is 54.1 Å². The Kier molecular flexibility index (Phi) is 29.0. The molecule has 0 saturated carbocycles. The van der Waals surface area contributed by atoms with Crippen LogP contribution in [-0.2, 0) is 65.6 Å². The van der Waals surface area contributed by atoms with Crippen molar-refractivity contribution in [3.63, 3.8) is 0 Å². The van der Waals surface area contributed by atoms with Gasteiger partial charge in [-0.1, -0.05) is 56.3 Å². The first kappa shape index (κ1) is 70.1. The third kappa shape index (κ3) is 25.1. The summed E-state index contributed by atoms with van der Waals surface area (Å²) in [6.07, 6.45) is -3.78. The third-order valence-corrected chi connectivity index (χ3v) is 13.3. The number of phenolic OH excluding ortho intramolecular Hbond substituents is 1. The van der Waals surface area contributed by atoms with Crippen LogP contribution in [0.4, 0.5) is 0 Å². The number of nitrogens with zero attached hydrogens (tertiary/aromatic N) is 3. The average molecular weight is 1200 g/mol. The number of carboxylic acids is 3. The maximum atomic E-state index is 14.6. The van der Waals surface area contributed by atoms with E-state index in [0.29, 0.717) is 17.5 Å². The van der Waals surface area contributed by atoms with Crippen molar-refractivity contribution in [1.29, 1.82) is 0 Å². The Bertz CT molecular complexity index is 2690. The molecule has 1 fully saturated rings. The van der Waals surface area contributed by atoms with Crippen molar-refractivity contribution in [2.45, 2.75) is 158 Å². The highest BCUT2D eigenvalue weighted by Crippen LogP contribution is 2.22. The van der Waals surface area contributed by atoms with E-state index in [1.54, 1.807) is 44.2 Å². The van der Waals surface area contributed by atoms with Crippen LogP contribution < -0.4 is 65.9 Å². The van der Waals surface area contributed by atoms with Gasteiger partial charge in [0.05, 0.1) is 18.6 Å². The maximum absolute atomic E-state index is 14.6. The van der Waals surface area contributed by atoms with Gasteiger partial charge >= 0.3 is 17.9 Å². The number of aliphatic imine (C=N–C) groups is 2. The number of carbonyl (C=O) groups is 11. The monoisotopic (exact) mass is 1200 g/mol. The van der Waals surface area contributed by atoms with Crippen molar-refractivity contribution in [1.82, 2.24) is 42.1 Å². The molecular formula is C54H81N15O16. The molecule has 0 radical (unpaired) electrons. The Hall–Kier alpha value is -9.13. The van der Waals surface area contributed by atoms with E-state index < -0.39 is 145 Å². The van der Waals surface area contributed by atoms with Gasteiger partial charge < -0.3 is 96.3 Å². The zero-order chi connectivity index (χ0) is 63.5. The number of guanidine groups is 2. The van der Waals surface area contributed by atoms with Crippen LogP contribution in [0.3, 0.4) is 0 Å². The van der Waals surface area contributed by atoms with E-state index in [0.717, 1.165) is 11.8 Å². The molecule has 0 unspecified atom stereocenters. The molecule has 0 bridgehead atoms. The molecule has 2 aromatic rings. The van der Waals surface area contributed by atoms with Gasteiger partial charge in [-0.2, -0.15) is 0 Å². The summed E-state index contributed by atoms with van der Waals surface area (Å²) in [5.74, 6) is -13.1. The Labute approximate surface area is 490 Å². The molecule has 8 amide bonds. The number of carboxylic acid groups (broad SMARTS) is 3. The molecule has 1 aliphatic heterocycles. The highest BCUT2D eigenvalue weighted by Gasteiger charge is 2.41. The van der Waals surface area contributed by atoms with Crippen molar-refractivity contribution in [3.8, 4) is 5.75 Å². The minimum atomic E-state index is -1.87. The van der Waals surface area contributed by atoms with Gasteiger partial charge in [0.2, 0.25) is 47.3 Å². The predicted molar refractivity (Wildman–Crippen MR) is 306 cm³/mol. The largest absolute Gasteiger partial charge is 0.508 e. The number of hydrogen-bond donors (Lipinski definition) is 17. The smallest absolute Gasteiger partial charge is 0.326 e. The van der Waals surface area contributed by atoms with Crippen molar-refractivity contribution in [2.24, 2.45) is 44.6 Å². The van der Waals surface area contributed by atoms with Gasteiger partial charge in [0.25, 0.3) is 0 Å². The Morgan fingerprint density at radius 2 is 1.08 bits per heavy atom. The van der Waals surface area contributed by atoms with Crippen molar-refractivity contribution < 1.29 is 78.3 Å². The van der Waals surface area contributed by atoms with Crippen LogP contribution >= 0.6 is 0 Å². The van der Waals surface area contributed by atoms with Crippen LogP contribution in [-0.4, -0.2) is 188 Å². The van der Waals surface area contributed by atoms with E-state index in [9.17, 15) is 78.3 Å². The van der Waals surface area contributed by atoms with E-state index in [1.165, 1.54) is 24.3 Å². The first-order valence-corrected chi connectivity index (χ1v) is 27.5. The van der Waals surface area contributed by atoms with Crippen LogP contribution in [0.5, 0.6) is 5.75 Å². The summed E-state index contributed by atoms with van der Waals surface area (Å²) < 4.78 is 0. The number of benzene rings is 2. The minimum Gasteiger partial charge on any atom is -0.508 e. The van der Waals surface area contributed by atoms with E-state index in [2.05, 4.69) is 47.2 Å². The normalized spacial score (nSPS) is 16.0. The summed E-state index contributed by atoms with van der Waals surface area (Å²) in [7, 11) is 0. The standard InChI is InChI=1S/C54H81N15O16/c1-28(2)24-39(51(83)69-23-9-14-40(69)49(81)68-43(29(3)70)50(82)62-34(19-20-41(72)73)45(77)63-35(52(84)85)13-8-22-61-54(58)59)67-47(79)37(26-31-15-17-32(71)18-16-31)65-48(80)38(27-42(74)75)66-46(78)36(25-30-10-5-4-6-11-30)64-44(76)33(55)12-7-21-60-53(56)57/h4-6,10-11,15-18,28-29,33-40,43,70-71H,7-9,12-14,19-27,55H2,1-3H3,(H,62,82)(H,63,77)(H,64,76)(H,65,80)(H,66,78)(H,67,79)(H,68,81)(H,72,73)(H,74,75)(H,84,85)(H4,56,57,60)(H4,58,59,61)/t29-,33+,34+,35+,36+,37+,38+,39+,40+,43+/m1/s1. The number of likely N-dealkylation sites (tertiary alicyclic amines) is 1. The fourth-order valence-electron chi connectivity index (χ4n) is 8.95. The topological polar surface area (TPSA) is 531 Å². The highest BCUT2D eigenvalue weighted by atomic mass is 16.4. The number of hydrogen-bond acceptors (Lipinski definition) is 16. The second-order valence-corrected chi connectivity index (χ2v) is 20.8. The summed E-state index contributed by atoms with van der Waals surface area (Å²) in [4.78, 5) is 157. The second kappa shape index (κ2) is 35.1. The zero-order valence-electron chi connectivity index (χ0n) is 47.6. The molecule has 22 N–H and O–H groups in total. The quantitative estimate of drug-likeness (QED) is 0.0175. The number of aliphatic hydroxyl groups excluding tert-OH is 1. The highest BCUT2D eigenvalue weighted by molar-refractivity contribution is 5.99. The lowest BCUT2D eigenvalue weighted by Gasteiger charge is -2.32. The summed E-state index contributed by atoms with van der Waals surface area (Å²) >= 11 is 0. The first-order chi connectivity index (χ1) is 40.1. The fourth-order valence-corrected chi connectivity index (χ4v) is 8.95. The molecule has 0 spiro atoms. The van der Waals surface area contributed by atoms with Crippen LogP contribution in [0.15, 0.2) is 64.6 Å². The van der Waals surface area contributed by atoms with E-state index >= 15 is 0 Å². The SMILES string of the molecule is CC(C)C[C@H](NC(=O)[C@H](Cc1ccc(O)cc1)NC(=O)[C@H](CC(=O)O)NC(=O)[C@H](Cc1ccccc1)NC(=O)[C@@H](N)CCCN=C(N)N)C(=O)N1CCC[C@H]1C(=O)N[C@H](C(=O)N[C@@H](CCC(=O)O)C(=O)N[C@@H](CCCN=C(N)N)C(=O)O)[C@@H](C)O. The Morgan fingerprint density at radius 3 is 1.61 bits per heavy atom. The zero-order valence-corrected chi connectivity index (χ0v) is 47.6. The van der Waals surface area contributed by atoms with Gasteiger partial charge in [-0.25, -0.2) is 4.79 Å². The van der Waals surface area contributed by atoms with Crippen molar-refractivity contribution >= 4 is 77.1 Å². The number of phenols is 1. The first-order valence-electron chi connectivity index (χ1n) is 27.5. The number of carbonyl (C=O) groups excluding carboxylic acids is 8. The summed E-state index contributed by atoms with van der Waals surface area (Å²) in [5.41, 5.74) is 28.4. The molecule has 31 heteroatoms. The van der Waals surface area contributed by atoms with Gasteiger partial charge in [0.15, 0.2) is 11.9 Å². The third-order valence-electron chi connectivity index (χ3n) is 13.3. The van der Waals surface area contributed by atoms with Crippen molar-refractivity contribution in [3.05, 3.63) is 65.7 Å². The number of aromatic hydroxyl groups is 1. The van der Waals surface area contributed by atoms with E-state index in [1.807, 2.05) is 0 Å². The van der Waals surface area contributed by atoms with Crippen LogP contribution in [0.2, 0.25) is 0 Å². The van der Waals surface area contributed by atoms with Gasteiger partial charge in [-0.15, -0.1) is 0 Å². The van der Waals surface area contributed by atoms with E-state index in [4.69, 9.17) is 28.7 Å². The molecule has 1 heterocycles. The molecule has 0 aromatic heterocycles. The average Bonchev–Trinajstić information content (AvgIpc) is 3.34. The van der Waals surface area contributed by atoms with Crippen LogP contribution in [0.1, 0.15) is 96.1 Å². The minimum absolute atomic E-state index is 0.0183. The summed E-state index contributed by atoms with van der Waals surface area (Å²) in [5, 5.41) is 67.0. The molecule has 0 aliphatic carbocycles. The molecule has 1 aliphatic rings. The number of aliphatic carboxylic acids is 3. The second-order valence-electron chi connectivity index (χ2n) is 20.8. The number of amides is 8. The molecule has 85 heavy (non-hydrogen) atoms. The Balaban J connectivity index is 1.90. The van der Waals surface area contributed by atoms with Gasteiger partial charge in [-0.3, -0.25) is 57.9 Å². The van der Waals surface area contributed by atoms with Crippen LogP contribution in [0.25, 0.3) is 0 Å². The molecule has 468 valence electrons. The fraction of sp³-hybridized carbons (Fsp3) is 0.537. The molecule has 31 nitrogen and oxygen atoms in total. The maximum Gasteiger partial charge on any atom is 0.326 e. The Morgan fingerprint density at radius 1 is 0.588 bits per heavy atom. The number of aliphatic hydroxyl groups is 1. The van der Waals surface area contributed by atoms with Crippen LogP contribution in [0, 0.1) is 5.92 Å². The number of rotatable bonds is 36.